The van der Waals surface area contributed by atoms with E-state index in [0.29, 0.717) is 16.9 Å². The highest BCUT2D eigenvalue weighted by Gasteiger charge is 2.12. The Morgan fingerprint density at radius 2 is 1.80 bits per heavy atom. The summed E-state index contributed by atoms with van der Waals surface area (Å²) in [5.74, 6) is -0.275. The van der Waals surface area contributed by atoms with Gasteiger partial charge in [0.05, 0.1) is 5.69 Å². The van der Waals surface area contributed by atoms with Gasteiger partial charge in [-0.3, -0.25) is 0 Å². The maximum Gasteiger partial charge on any atom is 0.163 e. The van der Waals surface area contributed by atoms with Crippen LogP contribution in [0.3, 0.4) is 0 Å². The lowest BCUT2D eigenvalue weighted by molar-refractivity contribution is 0.629. The smallest absolute Gasteiger partial charge is 0.163 e. The molecule has 3 rings (SSSR count). The molecule has 3 nitrogen and oxygen atoms in total. The number of rotatable bonds is 1. The molecule has 0 saturated carbocycles. The topological polar surface area (TPSA) is 38.7 Å². The third-order valence-corrected chi connectivity index (χ3v) is 3.45. The Balaban J connectivity index is 2.33. The summed E-state index contributed by atoms with van der Waals surface area (Å²) in [5, 5.41) is 0.776. The van der Waals surface area contributed by atoms with Gasteiger partial charge in [0, 0.05) is 16.6 Å². The van der Waals surface area contributed by atoms with Gasteiger partial charge in [0.2, 0.25) is 0 Å². The van der Waals surface area contributed by atoms with Gasteiger partial charge in [-0.15, -0.1) is 0 Å². The van der Waals surface area contributed by atoms with E-state index < -0.39 is 0 Å². The van der Waals surface area contributed by atoms with E-state index >= 15 is 0 Å². The molecule has 0 aliphatic heterocycles. The summed E-state index contributed by atoms with van der Waals surface area (Å²) in [6.45, 7) is 5.77. The lowest BCUT2D eigenvalue weighted by atomic mass is 10.0. The van der Waals surface area contributed by atoms with Crippen LogP contribution in [0.25, 0.3) is 22.3 Å². The largest absolute Gasteiger partial charge is 0.235 e. The molecule has 100 valence electrons. The Kier molecular flexibility index (Phi) is 2.93. The molecule has 0 N–H and O–H groups in total. The van der Waals surface area contributed by atoms with Gasteiger partial charge in [0.25, 0.3) is 0 Å². The maximum atomic E-state index is 14.2. The number of nitrogens with zero attached hydrogens (tertiary/aromatic N) is 3. The van der Waals surface area contributed by atoms with E-state index in [1.54, 1.807) is 6.07 Å². The van der Waals surface area contributed by atoms with Crippen molar-refractivity contribution in [1.29, 1.82) is 0 Å². The van der Waals surface area contributed by atoms with Gasteiger partial charge in [-0.05, 0) is 50.1 Å². The van der Waals surface area contributed by atoms with Crippen LogP contribution in [0.5, 0.6) is 0 Å². The molecule has 2 heterocycles. The molecule has 0 radical (unpaired) electrons. The zero-order chi connectivity index (χ0) is 14.3. The predicted octanol–water partition coefficient (Wildman–Crippen LogP) is 3.76. The number of fused-ring (bicyclic) bond motifs is 1. The van der Waals surface area contributed by atoms with Gasteiger partial charge < -0.3 is 0 Å². The number of hydrogen-bond donors (Lipinski definition) is 0. The van der Waals surface area contributed by atoms with E-state index in [4.69, 9.17) is 0 Å². The second kappa shape index (κ2) is 4.63. The number of pyridine rings is 1. The molecular weight excluding hydrogens is 253 g/mol. The Hall–Kier alpha value is -2.36. The van der Waals surface area contributed by atoms with Crippen LogP contribution in [0.2, 0.25) is 0 Å². The fourth-order valence-corrected chi connectivity index (χ4v) is 2.20. The average Bonchev–Trinajstić information content (AvgIpc) is 2.40. The molecule has 0 aliphatic carbocycles. The lowest BCUT2D eigenvalue weighted by Crippen LogP contribution is -1.96. The Labute approximate surface area is 116 Å². The van der Waals surface area contributed by atoms with E-state index in [-0.39, 0.29) is 5.82 Å². The normalized spacial score (nSPS) is 11.0. The molecule has 0 aliphatic rings. The van der Waals surface area contributed by atoms with E-state index in [1.165, 1.54) is 12.4 Å². The Bertz CT molecular complexity index is 812. The SMILES string of the molecule is Cc1ccc(-c2ncnc3nc(C)c(C)cc23)c(F)c1. The average molecular weight is 267 g/mol. The van der Waals surface area contributed by atoms with Gasteiger partial charge in [-0.25, -0.2) is 19.3 Å². The number of aromatic nitrogens is 3. The van der Waals surface area contributed by atoms with Crippen LogP contribution >= 0.6 is 0 Å². The van der Waals surface area contributed by atoms with Crippen LogP contribution in [0, 0.1) is 26.6 Å². The highest BCUT2D eigenvalue weighted by Crippen LogP contribution is 2.28. The van der Waals surface area contributed by atoms with Crippen molar-refractivity contribution >= 4 is 11.0 Å². The molecular formula is C16H14FN3. The van der Waals surface area contributed by atoms with Gasteiger partial charge in [0.15, 0.2) is 5.65 Å². The molecule has 0 amide bonds. The molecule has 20 heavy (non-hydrogen) atoms. The van der Waals surface area contributed by atoms with E-state index in [0.717, 1.165) is 22.2 Å². The number of benzene rings is 1. The minimum absolute atomic E-state index is 0.275. The van der Waals surface area contributed by atoms with Gasteiger partial charge in [-0.1, -0.05) is 6.07 Å². The third-order valence-electron chi connectivity index (χ3n) is 3.45. The highest BCUT2D eigenvalue weighted by atomic mass is 19.1. The van der Waals surface area contributed by atoms with E-state index in [9.17, 15) is 4.39 Å². The van der Waals surface area contributed by atoms with Crippen molar-refractivity contribution in [2.75, 3.05) is 0 Å². The monoisotopic (exact) mass is 267 g/mol. The standard InChI is InChI=1S/C16H14FN3/c1-9-4-5-12(14(17)6-9)15-13-7-10(2)11(3)20-16(13)19-8-18-15/h4-8H,1-3H3. The minimum atomic E-state index is -0.275. The third kappa shape index (κ3) is 2.03. The van der Waals surface area contributed by atoms with Crippen LogP contribution in [0.15, 0.2) is 30.6 Å². The summed E-state index contributed by atoms with van der Waals surface area (Å²) in [5.41, 5.74) is 4.51. The van der Waals surface area contributed by atoms with Crippen LogP contribution in [0.4, 0.5) is 4.39 Å². The maximum absolute atomic E-state index is 14.2. The zero-order valence-corrected chi connectivity index (χ0v) is 11.6. The Morgan fingerprint density at radius 1 is 1.00 bits per heavy atom. The minimum Gasteiger partial charge on any atom is -0.235 e. The van der Waals surface area contributed by atoms with Crippen LogP contribution in [0.1, 0.15) is 16.8 Å². The summed E-state index contributed by atoms with van der Waals surface area (Å²) in [6.07, 6.45) is 1.43. The summed E-state index contributed by atoms with van der Waals surface area (Å²) in [7, 11) is 0. The van der Waals surface area contributed by atoms with Crippen LogP contribution in [-0.4, -0.2) is 15.0 Å². The molecule has 3 aromatic rings. The van der Waals surface area contributed by atoms with Crippen molar-refractivity contribution in [3.05, 3.63) is 53.2 Å². The summed E-state index contributed by atoms with van der Waals surface area (Å²) in [6, 6.07) is 7.10. The zero-order valence-electron chi connectivity index (χ0n) is 11.6. The molecule has 0 atom stereocenters. The summed E-state index contributed by atoms with van der Waals surface area (Å²) < 4.78 is 14.2. The summed E-state index contributed by atoms with van der Waals surface area (Å²) in [4.78, 5) is 12.9. The van der Waals surface area contributed by atoms with Gasteiger partial charge in [0.1, 0.15) is 12.1 Å². The van der Waals surface area contributed by atoms with Crippen LogP contribution < -0.4 is 0 Å². The molecule has 0 saturated heterocycles. The molecule has 4 heteroatoms. The van der Waals surface area contributed by atoms with E-state index in [2.05, 4.69) is 15.0 Å². The van der Waals surface area contributed by atoms with Crippen molar-refractivity contribution in [1.82, 2.24) is 15.0 Å². The lowest BCUT2D eigenvalue weighted by Gasteiger charge is -2.08. The quantitative estimate of drug-likeness (QED) is 0.674. The first-order chi connectivity index (χ1) is 9.56. The van der Waals surface area contributed by atoms with Crippen molar-refractivity contribution in [3.8, 4) is 11.3 Å². The fourth-order valence-electron chi connectivity index (χ4n) is 2.20. The number of halogens is 1. The molecule has 2 aromatic heterocycles. The molecule has 0 bridgehead atoms. The van der Waals surface area contributed by atoms with Crippen molar-refractivity contribution < 1.29 is 4.39 Å². The molecule has 0 spiro atoms. The highest BCUT2D eigenvalue weighted by molar-refractivity contribution is 5.90. The first-order valence-corrected chi connectivity index (χ1v) is 6.42. The predicted molar refractivity (Wildman–Crippen MR) is 76.9 cm³/mol. The molecule has 0 unspecified atom stereocenters. The van der Waals surface area contributed by atoms with Crippen molar-refractivity contribution in [2.24, 2.45) is 0 Å². The summed E-state index contributed by atoms with van der Waals surface area (Å²) >= 11 is 0. The second-order valence-corrected chi connectivity index (χ2v) is 4.97. The van der Waals surface area contributed by atoms with Gasteiger partial charge >= 0.3 is 0 Å². The first kappa shape index (κ1) is 12.7. The first-order valence-electron chi connectivity index (χ1n) is 6.42. The Morgan fingerprint density at radius 3 is 2.55 bits per heavy atom. The van der Waals surface area contributed by atoms with E-state index in [1.807, 2.05) is 32.9 Å². The molecule has 1 aromatic carbocycles. The van der Waals surface area contributed by atoms with Crippen molar-refractivity contribution in [3.63, 3.8) is 0 Å². The number of aryl methyl sites for hydroxylation is 3. The van der Waals surface area contributed by atoms with Crippen LogP contribution in [-0.2, 0) is 0 Å². The number of hydrogen-bond acceptors (Lipinski definition) is 3. The second-order valence-electron chi connectivity index (χ2n) is 4.97. The fraction of sp³-hybridized carbons (Fsp3) is 0.188. The van der Waals surface area contributed by atoms with Crippen molar-refractivity contribution in [2.45, 2.75) is 20.8 Å². The van der Waals surface area contributed by atoms with Gasteiger partial charge in [-0.2, -0.15) is 0 Å². The molecule has 0 fully saturated rings.